The number of para-hydroxylation sites is 2. The number of methoxy groups -OCH3 is 2. The Kier molecular flexibility index (Phi) is 16.4. The van der Waals surface area contributed by atoms with E-state index in [1.165, 1.54) is 14.2 Å². The van der Waals surface area contributed by atoms with Crippen LogP contribution in [-0.2, 0) is 22.6 Å². The Labute approximate surface area is 411 Å². The number of nitrogens with zero attached hydrogens (tertiary/aromatic N) is 4. The van der Waals surface area contributed by atoms with Gasteiger partial charge in [-0.1, -0.05) is 83.9 Å². The fourth-order valence-corrected chi connectivity index (χ4v) is 9.44. The molecule has 0 bridgehead atoms. The molecule has 2 fully saturated rings. The van der Waals surface area contributed by atoms with Crippen LogP contribution in [0, 0.1) is 0 Å². The summed E-state index contributed by atoms with van der Waals surface area (Å²) in [5.41, 5.74) is 6.69. The predicted molar refractivity (Wildman–Crippen MR) is 280 cm³/mol. The van der Waals surface area contributed by atoms with E-state index in [-0.39, 0.29) is 23.0 Å². The Morgan fingerprint density at radius 3 is 1.22 bits per heavy atom. The first-order valence-corrected chi connectivity index (χ1v) is 24.3. The summed E-state index contributed by atoms with van der Waals surface area (Å²) < 4.78 is 10.5. The maximum Gasteiger partial charge on any atom is 0.343 e. The van der Waals surface area contributed by atoms with Crippen molar-refractivity contribution in [1.29, 1.82) is 0 Å². The van der Waals surface area contributed by atoms with E-state index in [1.807, 2.05) is 97.1 Å². The van der Waals surface area contributed by atoms with E-state index in [4.69, 9.17) is 42.6 Å². The molecule has 0 spiro atoms. The number of esters is 2. The summed E-state index contributed by atoms with van der Waals surface area (Å²) in [4.78, 5) is 40.4. The van der Waals surface area contributed by atoms with E-state index in [2.05, 4.69) is 72.6 Å². The van der Waals surface area contributed by atoms with Crippen molar-refractivity contribution < 1.29 is 19.1 Å². The zero-order valence-electron chi connectivity index (χ0n) is 40.6. The Hall–Kier alpha value is -5.66. The monoisotopic (exact) mass is 960 g/mol. The highest BCUT2D eigenvalue weighted by Gasteiger charge is 2.32. The predicted octanol–water partition coefficient (Wildman–Crippen LogP) is 11.3. The van der Waals surface area contributed by atoms with Crippen molar-refractivity contribution in [3.63, 3.8) is 0 Å². The number of aromatic nitrogens is 2. The van der Waals surface area contributed by atoms with Gasteiger partial charge in [-0.2, -0.15) is 0 Å². The van der Waals surface area contributed by atoms with Crippen molar-refractivity contribution in [3.05, 3.63) is 129 Å². The Morgan fingerprint density at radius 2 is 0.897 bits per heavy atom. The van der Waals surface area contributed by atoms with Crippen molar-refractivity contribution in [3.8, 4) is 0 Å². The van der Waals surface area contributed by atoms with Crippen molar-refractivity contribution in [1.82, 2.24) is 20.6 Å². The molecule has 2 aliphatic rings. The van der Waals surface area contributed by atoms with Crippen LogP contribution >= 0.6 is 23.2 Å². The van der Waals surface area contributed by atoms with Crippen LogP contribution in [0.2, 0.25) is 10.0 Å². The lowest BCUT2D eigenvalue weighted by Crippen LogP contribution is -2.49. The number of nitrogens with one attached hydrogen (secondary N) is 4. The van der Waals surface area contributed by atoms with Gasteiger partial charge in [0.2, 0.25) is 0 Å². The lowest BCUT2D eigenvalue weighted by molar-refractivity contribution is 0.0593. The summed E-state index contributed by atoms with van der Waals surface area (Å²) in [7, 11) is 2.84. The van der Waals surface area contributed by atoms with Gasteiger partial charge in [-0.3, -0.25) is 0 Å². The Balaban J connectivity index is 0.000000201. The van der Waals surface area contributed by atoms with Crippen LogP contribution in [0.25, 0.3) is 21.8 Å². The van der Waals surface area contributed by atoms with E-state index in [1.54, 1.807) is 0 Å². The highest BCUT2D eigenvalue weighted by atomic mass is 35.5. The first-order chi connectivity index (χ1) is 32.5. The molecule has 8 rings (SSSR count). The number of anilines is 4. The molecule has 360 valence electrons. The minimum Gasteiger partial charge on any atom is -0.465 e. The number of piperidine rings is 2. The third-order valence-electron chi connectivity index (χ3n) is 12.2. The topological polar surface area (TPSA) is 133 Å². The number of fused-ring (bicyclic) bond motifs is 2. The van der Waals surface area contributed by atoms with Crippen LogP contribution in [0.15, 0.2) is 97.1 Å². The molecule has 0 amide bonds. The van der Waals surface area contributed by atoms with E-state index >= 15 is 0 Å². The highest BCUT2D eigenvalue weighted by Crippen LogP contribution is 2.39. The number of pyridine rings is 2. The molecular formula is C54H66Cl2N8O4. The first-order valence-electron chi connectivity index (χ1n) is 23.5. The van der Waals surface area contributed by atoms with Gasteiger partial charge in [-0.25, -0.2) is 19.6 Å². The largest absolute Gasteiger partial charge is 0.465 e. The molecule has 14 heteroatoms. The minimum absolute atomic E-state index is 0.0755. The zero-order valence-corrected chi connectivity index (χ0v) is 42.2. The highest BCUT2D eigenvalue weighted by molar-refractivity contribution is 6.30. The number of carbonyl (C=O) groups excluding carboxylic acids is 2. The van der Waals surface area contributed by atoms with Crippen molar-refractivity contribution in [2.75, 3.05) is 60.8 Å². The molecule has 0 saturated carbocycles. The average molecular weight is 962 g/mol. The van der Waals surface area contributed by atoms with Gasteiger partial charge in [0.05, 0.1) is 36.6 Å². The lowest BCUT2D eigenvalue weighted by Gasteiger charge is -2.38. The third-order valence-corrected chi connectivity index (χ3v) is 12.7. The summed E-state index contributed by atoms with van der Waals surface area (Å²) in [6, 6.07) is 32.1. The Bertz CT molecular complexity index is 2480. The van der Waals surface area contributed by atoms with Crippen molar-refractivity contribution in [2.45, 2.75) is 103 Å². The molecule has 0 radical (unpaired) electrons. The maximum absolute atomic E-state index is 13.1. The number of benzene rings is 4. The zero-order chi connectivity index (χ0) is 48.6. The minimum atomic E-state index is -0.387. The van der Waals surface area contributed by atoms with Crippen molar-refractivity contribution in [2.24, 2.45) is 0 Å². The number of halogens is 2. The number of ether oxygens (including phenoxy) is 2. The summed E-state index contributed by atoms with van der Waals surface area (Å²) in [6.45, 7) is 17.6. The van der Waals surface area contributed by atoms with Gasteiger partial charge in [0.25, 0.3) is 0 Å². The quantitative estimate of drug-likeness (QED) is 0.0871. The molecule has 4 N–H and O–H groups in total. The van der Waals surface area contributed by atoms with Gasteiger partial charge >= 0.3 is 11.9 Å². The van der Waals surface area contributed by atoms with Crippen molar-refractivity contribution >= 4 is 80.0 Å². The molecule has 0 atom stereocenters. The molecule has 2 aromatic heterocycles. The molecular weight excluding hydrogens is 896 g/mol. The van der Waals surface area contributed by atoms with Gasteiger partial charge in [0.1, 0.15) is 22.8 Å². The van der Waals surface area contributed by atoms with Gasteiger partial charge in [-0.15, -0.1) is 0 Å². The molecule has 0 unspecified atom stereocenters. The number of carbonyl (C=O) groups is 2. The van der Waals surface area contributed by atoms with Crippen LogP contribution in [0.3, 0.4) is 0 Å². The van der Waals surface area contributed by atoms with E-state index in [0.29, 0.717) is 58.0 Å². The molecule has 6 aromatic rings. The maximum atomic E-state index is 13.1. The lowest BCUT2D eigenvalue weighted by atomic mass is 9.98. The SMILES string of the molecule is COC(=O)c1c(NCc2ccc(Cl)cc2)nc2ccccc2c1N1CCC(NC(C)(C)C)CC1.COC(=O)c1c(NCc2ccc(Cl)cc2)nc2ccccc2c1N1CCC(NC(C)(C)C)CC1. The number of hydrogen-bond acceptors (Lipinski definition) is 12. The smallest absolute Gasteiger partial charge is 0.343 e. The van der Waals surface area contributed by atoms with E-state index in [0.717, 1.165) is 96.2 Å². The van der Waals surface area contributed by atoms with Crippen LogP contribution in [0.5, 0.6) is 0 Å². The molecule has 2 saturated heterocycles. The fraction of sp³-hybridized carbons (Fsp3) is 0.407. The summed E-state index contributed by atoms with van der Waals surface area (Å²) in [5.74, 6) is 0.291. The van der Waals surface area contributed by atoms with Gasteiger partial charge < -0.3 is 40.5 Å². The second kappa shape index (κ2) is 22.2. The molecule has 0 aliphatic carbocycles. The normalized spacial score (nSPS) is 14.9. The Morgan fingerprint density at radius 1 is 0.559 bits per heavy atom. The summed E-state index contributed by atoms with van der Waals surface area (Å²) >= 11 is 12.1. The van der Waals surface area contributed by atoms with Gasteiger partial charge in [-0.05, 0) is 115 Å². The summed E-state index contributed by atoms with van der Waals surface area (Å²) in [5, 5.41) is 17.5. The van der Waals surface area contributed by atoms with E-state index in [9.17, 15) is 9.59 Å². The summed E-state index contributed by atoms with van der Waals surface area (Å²) in [6.07, 6.45) is 4.01. The van der Waals surface area contributed by atoms with Crippen LogP contribution in [0.1, 0.15) is 99.1 Å². The van der Waals surface area contributed by atoms with Gasteiger partial charge in [0, 0.05) is 83.2 Å². The molecule has 12 nitrogen and oxygen atoms in total. The van der Waals surface area contributed by atoms with Gasteiger partial charge in [0.15, 0.2) is 0 Å². The second-order valence-electron chi connectivity index (χ2n) is 19.7. The third kappa shape index (κ3) is 12.9. The first kappa shape index (κ1) is 50.2. The fourth-order valence-electron chi connectivity index (χ4n) is 9.19. The number of hydrogen-bond donors (Lipinski definition) is 4. The second-order valence-corrected chi connectivity index (χ2v) is 20.5. The molecule has 4 heterocycles. The number of rotatable bonds is 12. The van der Waals surface area contributed by atoms with Crippen LogP contribution in [-0.4, -0.2) is 85.5 Å². The average Bonchev–Trinajstić information content (AvgIpc) is 3.32. The standard InChI is InChI=1S/2C27H33ClN4O2/c2*1-27(2,3)31-20-13-15-32(16-14-20)24-21-7-5-6-8-22(21)30-25(23(24)26(33)34-4)29-17-18-9-11-19(28)12-10-18/h2*5-12,20,31H,13-17H2,1-4H3,(H,29,30). The molecule has 68 heavy (non-hydrogen) atoms. The molecule has 2 aliphatic heterocycles. The van der Waals surface area contributed by atoms with E-state index < -0.39 is 0 Å². The molecule has 4 aromatic carbocycles. The van der Waals surface area contributed by atoms with Crippen LogP contribution in [0.4, 0.5) is 23.0 Å². The van der Waals surface area contributed by atoms with Crippen LogP contribution < -0.4 is 31.1 Å².